The molecule has 0 unspecified atom stereocenters. The van der Waals surface area contributed by atoms with Crippen LogP contribution in [0.3, 0.4) is 0 Å². The Morgan fingerprint density at radius 2 is 2.15 bits per heavy atom. The number of amides is 1. The Balaban J connectivity index is 1.71. The molecule has 3 aromatic rings. The Morgan fingerprint density at radius 1 is 1.33 bits per heavy atom. The van der Waals surface area contributed by atoms with Gasteiger partial charge in [0.2, 0.25) is 11.8 Å². The first kappa shape index (κ1) is 18.8. The van der Waals surface area contributed by atoms with E-state index in [9.17, 15) is 13.6 Å². The van der Waals surface area contributed by atoms with E-state index in [0.29, 0.717) is 23.0 Å². The molecule has 9 heteroatoms. The van der Waals surface area contributed by atoms with Crippen LogP contribution >= 0.6 is 11.3 Å². The summed E-state index contributed by atoms with van der Waals surface area (Å²) in [4.78, 5) is 17.5. The number of oxazole rings is 1. The fourth-order valence-corrected chi connectivity index (χ4v) is 3.05. The monoisotopic (exact) mass is 394 g/mol. The molecular formula is C18H16F2N2O4S. The van der Waals surface area contributed by atoms with Crippen molar-refractivity contribution in [3.63, 3.8) is 0 Å². The molecule has 0 aliphatic rings. The third-order valence-corrected chi connectivity index (χ3v) is 4.47. The summed E-state index contributed by atoms with van der Waals surface area (Å²) in [6.07, 6.45) is -0.0161. The Hall–Kier alpha value is -2.94. The van der Waals surface area contributed by atoms with Crippen LogP contribution in [0.4, 0.5) is 14.5 Å². The van der Waals surface area contributed by atoms with Crippen LogP contribution in [0.5, 0.6) is 11.5 Å². The summed E-state index contributed by atoms with van der Waals surface area (Å²) >= 11 is 1.49. The molecule has 0 aliphatic carbocycles. The van der Waals surface area contributed by atoms with Crippen molar-refractivity contribution >= 4 is 22.9 Å². The highest BCUT2D eigenvalue weighted by atomic mass is 32.1. The average molecular weight is 394 g/mol. The van der Waals surface area contributed by atoms with Crippen LogP contribution in [-0.2, 0) is 11.2 Å². The Labute approximate surface area is 157 Å². The van der Waals surface area contributed by atoms with E-state index in [-0.39, 0.29) is 23.8 Å². The van der Waals surface area contributed by atoms with Gasteiger partial charge in [-0.1, -0.05) is 6.07 Å². The standard InChI is InChI=1S/C18H16F2N2O4S/c1-10-12(22-17(25-10)15-4-3-7-27-15)9-16(23)21-11-5-6-13(24-2)14(8-11)26-18(19)20/h3-8,18H,9H2,1-2H3,(H,21,23). The first-order valence-electron chi connectivity index (χ1n) is 7.89. The lowest BCUT2D eigenvalue weighted by atomic mass is 10.2. The molecule has 0 fully saturated rings. The van der Waals surface area contributed by atoms with Gasteiger partial charge in [-0.2, -0.15) is 8.78 Å². The predicted molar refractivity (Wildman–Crippen MR) is 96.5 cm³/mol. The predicted octanol–water partition coefficient (Wildman–Crippen LogP) is 4.50. The van der Waals surface area contributed by atoms with Crippen molar-refractivity contribution in [2.75, 3.05) is 12.4 Å². The van der Waals surface area contributed by atoms with E-state index < -0.39 is 6.61 Å². The third kappa shape index (κ3) is 4.62. The second-order valence-electron chi connectivity index (χ2n) is 5.47. The lowest BCUT2D eigenvalue weighted by Crippen LogP contribution is -2.15. The highest BCUT2D eigenvalue weighted by Gasteiger charge is 2.17. The molecule has 27 heavy (non-hydrogen) atoms. The van der Waals surface area contributed by atoms with Crippen molar-refractivity contribution in [2.45, 2.75) is 20.0 Å². The van der Waals surface area contributed by atoms with Crippen LogP contribution in [0.15, 0.2) is 40.1 Å². The molecular weight excluding hydrogens is 378 g/mol. The van der Waals surface area contributed by atoms with E-state index in [2.05, 4.69) is 15.0 Å². The largest absolute Gasteiger partial charge is 0.493 e. The number of nitrogens with one attached hydrogen (secondary N) is 1. The van der Waals surface area contributed by atoms with Gasteiger partial charge in [0, 0.05) is 11.8 Å². The minimum absolute atomic E-state index is 0.0161. The number of methoxy groups -OCH3 is 1. The summed E-state index contributed by atoms with van der Waals surface area (Å²) in [6.45, 7) is -1.27. The summed E-state index contributed by atoms with van der Waals surface area (Å²) in [6, 6.07) is 8.00. The molecule has 0 radical (unpaired) electrons. The zero-order valence-corrected chi connectivity index (χ0v) is 15.3. The van der Waals surface area contributed by atoms with Crippen molar-refractivity contribution in [2.24, 2.45) is 0 Å². The molecule has 0 saturated carbocycles. The van der Waals surface area contributed by atoms with Crippen molar-refractivity contribution in [3.8, 4) is 22.3 Å². The van der Waals surface area contributed by atoms with Crippen molar-refractivity contribution in [1.29, 1.82) is 0 Å². The molecule has 1 N–H and O–H groups in total. The molecule has 0 saturated heterocycles. The lowest BCUT2D eigenvalue weighted by molar-refractivity contribution is -0.115. The molecule has 0 aliphatic heterocycles. The van der Waals surface area contributed by atoms with E-state index in [4.69, 9.17) is 9.15 Å². The number of hydrogen-bond donors (Lipinski definition) is 1. The fraction of sp³-hybridized carbons (Fsp3) is 0.222. The Bertz CT molecular complexity index is 926. The molecule has 0 bridgehead atoms. The van der Waals surface area contributed by atoms with Crippen LogP contribution < -0.4 is 14.8 Å². The van der Waals surface area contributed by atoms with Crippen LogP contribution in [0.25, 0.3) is 10.8 Å². The van der Waals surface area contributed by atoms with Crippen LogP contribution in [0, 0.1) is 6.92 Å². The number of alkyl halides is 2. The molecule has 2 heterocycles. The maximum absolute atomic E-state index is 12.5. The second-order valence-corrected chi connectivity index (χ2v) is 6.42. The molecule has 3 rings (SSSR count). The summed E-state index contributed by atoms with van der Waals surface area (Å²) in [7, 11) is 1.34. The number of anilines is 1. The molecule has 0 spiro atoms. The molecule has 0 atom stereocenters. The number of nitrogens with zero attached hydrogens (tertiary/aromatic N) is 1. The number of hydrogen-bond acceptors (Lipinski definition) is 6. The number of thiophene rings is 1. The number of ether oxygens (including phenoxy) is 2. The van der Waals surface area contributed by atoms with E-state index >= 15 is 0 Å². The van der Waals surface area contributed by atoms with Gasteiger partial charge in [-0.25, -0.2) is 4.98 Å². The number of benzene rings is 1. The van der Waals surface area contributed by atoms with Crippen LogP contribution in [0.2, 0.25) is 0 Å². The number of halogens is 2. The van der Waals surface area contributed by atoms with Gasteiger partial charge in [0.25, 0.3) is 0 Å². The van der Waals surface area contributed by atoms with Crippen molar-refractivity contribution in [3.05, 3.63) is 47.2 Å². The maximum Gasteiger partial charge on any atom is 0.387 e. The van der Waals surface area contributed by atoms with Crippen LogP contribution in [-0.4, -0.2) is 24.6 Å². The van der Waals surface area contributed by atoms with E-state index in [0.717, 1.165) is 4.88 Å². The van der Waals surface area contributed by atoms with E-state index in [1.807, 2.05) is 17.5 Å². The van der Waals surface area contributed by atoms with Gasteiger partial charge in [-0.15, -0.1) is 11.3 Å². The van der Waals surface area contributed by atoms with Crippen molar-refractivity contribution < 1.29 is 27.5 Å². The summed E-state index contributed by atoms with van der Waals surface area (Å²) in [5.74, 6) is 0.619. The first-order valence-corrected chi connectivity index (χ1v) is 8.77. The number of carbonyl (C=O) groups is 1. The minimum Gasteiger partial charge on any atom is -0.493 e. The highest BCUT2D eigenvalue weighted by Crippen LogP contribution is 2.31. The highest BCUT2D eigenvalue weighted by molar-refractivity contribution is 7.13. The number of carbonyl (C=O) groups excluding carboxylic acids is 1. The maximum atomic E-state index is 12.5. The molecule has 2 aromatic heterocycles. The molecule has 6 nitrogen and oxygen atoms in total. The summed E-state index contributed by atoms with van der Waals surface area (Å²) in [5, 5.41) is 4.53. The van der Waals surface area contributed by atoms with Gasteiger partial charge in [0.05, 0.1) is 24.1 Å². The quantitative estimate of drug-likeness (QED) is 0.639. The SMILES string of the molecule is COc1ccc(NC(=O)Cc2nc(-c3cccs3)oc2C)cc1OC(F)F. The number of aryl methyl sites for hydroxylation is 1. The molecule has 1 amide bonds. The van der Waals surface area contributed by atoms with Crippen molar-refractivity contribution in [1.82, 2.24) is 4.98 Å². The van der Waals surface area contributed by atoms with Gasteiger partial charge < -0.3 is 19.2 Å². The zero-order valence-electron chi connectivity index (χ0n) is 14.5. The Kier molecular flexibility index (Phi) is 5.70. The topological polar surface area (TPSA) is 73.6 Å². The van der Waals surface area contributed by atoms with E-state index in [1.54, 1.807) is 6.92 Å². The second kappa shape index (κ2) is 8.17. The lowest BCUT2D eigenvalue weighted by Gasteiger charge is -2.12. The summed E-state index contributed by atoms with van der Waals surface area (Å²) in [5.41, 5.74) is 0.810. The normalized spacial score (nSPS) is 10.9. The van der Waals surface area contributed by atoms with Gasteiger partial charge >= 0.3 is 6.61 Å². The summed E-state index contributed by atoms with van der Waals surface area (Å²) < 4.78 is 40.0. The zero-order chi connectivity index (χ0) is 19.4. The third-order valence-electron chi connectivity index (χ3n) is 3.62. The molecule has 142 valence electrons. The van der Waals surface area contributed by atoms with Gasteiger partial charge in [-0.3, -0.25) is 4.79 Å². The average Bonchev–Trinajstić information content (AvgIpc) is 3.25. The molecule has 1 aromatic carbocycles. The van der Waals surface area contributed by atoms with Gasteiger partial charge in [-0.05, 0) is 30.5 Å². The fourth-order valence-electron chi connectivity index (χ4n) is 2.40. The number of rotatable bonds is 7. The van der Waals surface area contributed by atoms with Crippen LogP contribution in [0.1, 0.15) is 11.5 Å². The smallest absolute Gasteiger partial charge is 0.387 e. The number of aromatic nitrogens is 1. The van der Waals surface area contributed by atoms with Gasteiger partial charge in [0.15, 0.2) is 11.5 Å². The first-order chi connectivity index (χ1) is 13.0. The van der Waals surface area contributed by atoms with Gasteiger partial charge in [0.1, 0.15) is 5.76 Å². The Morgan fingerprint density at radius 3 is 2.81 bits per heavy atom. The minimum atomic E-state index is -3.00. The van der Waals surface area contributed by atoms with E-state index in [1.165, 1.54) is 36.6 Å².